The summed E-state index contributed by atoms with van der Waals surface area (Å²) in [4.78, 5) is 0. The Bertz CT molecular complexity index is 338. The molecule has 0 bridgehead atoms. The fraction of sp³-hybridized carbons (Fsp3) is 0.455. The van der Waals surface area contributed by atoms with Crippen molar-refractivity contribution in [1.82, 2.24) is 5.32 Å². The van der Waals surface area contributed by atoms with Gasteiger partial charge in [0.2, 0.25) is 0 Å². The lowest BCUT2D eigenvalue weighted by Crippen LogP contribution is -2.30. The zero-order chi connectivity index (χ0) is 12.2. The van der Waals surface area contributed by atoms with E-state index in [-0.39, 0.29) is 6.04 Å². The molecule has 0 spiro atoms. The van der Waals surface area contributed by atoms with E-state index >= 15 is 0 Å². The first-order valence-corrected chi connectivity index (χ1v) is 4.86. The number of methoxy groups -OCH3 is 1. The van der Waals surface area contributed by atoms with Crippen LogP contribution in [0.25, 0.3) is 0 Å². The summed E-state index contributed by atoms with van der Waals surface area (Å²) < 4.78 is 41.0. The Morgan fingerprint density at radius 2 is 2.06 bits per heavy atom. The first kappa shape index (κ1) is 12.8. The summed E-state index contributed by atoms with van der Waals surface area (Å²) in [6.07, 6.45) is -4.19. The van der Waals surface area contributed by atoms with Crippen LogP contribution in [0.15, 0.2) is 24.3 Å². The van der Waals surface area contributed by atoms with Gasteiger partial charge in [-0.15, -0.1) is 0 Å². The highest BCUT2D eigenvalue weighted by Crippen LogP contribution is 2.20. The standard InChI is InChI=1S/C11H14F3NO/c1-8(15-7-11(12,13)14)9-4-3-5-10(6-9)16-2/h3-6,8,15H,7H2,1-2H3/t8-/m0/s1. The minimum Gasteiger partial charge on any atom is -0.497 e. The third-order valence-electron chi connectivity index (χ3n) is 2.20. The molecule has 0 aliphatic heterocycles. The Morgan fingerprint density at radius 3 is 2.62 bits per heavy atom. The number of nitrogens with one attached hydrogen (secondary N) is 1. The Morgan fingerprint density at radius 1 is 1.38 bits per heavy atom. The molecule has 0 amide bonds. The number of benzene rings is 1. The summed E-state index contributed by atoms with van der Waals surface area (Å²) in [5.74, 6) is 0.637. The van der Waals surface area contributed by atoms with Gasteiger partial charge >= 0.3 is 6.18 Å². The maximum absolute atomic E-state index is 12.0. The van der Waals surface area contributed by atoms with Crippen molar-refractivity contribution in [2.45, 2.75) is 19.1 Å². The van der Waals surface area contributed by atoms with Crippen LogP contribution < -0.4 is 10.1 Å². The highest BCUT2D eigenvalue weighted by molar-refractivity contribution is 5.30. The summed E-state index contributed by atoms with van der Waals surface area (Å²) in [6.45, 7) is 0.686. The molecule has 1 N–H and O–H groups in total. The fourth-order valence-electron chi connectivity index (χ4n) is 1.30. The Hall–Kier alpha value is -1.23. The first-order valence-electron chi connectivity index (χ1n) is 4.86. The molecule has 1 aromatic rings. The van der Waals surface area contributed by atoms with E-state index in [4.69, 9.17) is 4.74 Å². The molecule has 0 aliphatic carbocycles. The Labute approximate surface area is 92.4 Å². The van der Waals surface area contributed by atoms with Crippen LogP contribution in [0.1, 0.15) is 18.5 Å². The molecule has 1 atom stereocenters. The number of ether oxygens (including phenoxy) is 1. The number of hydrogen-bond acceptors (Lipinski definition) is 2. The van der Waals surface area contributed by atoms with Gasteiger partial charge in [-0.25, -0.2) is 0 Å². The maximum Gasteiger partial charge on any atom is 0.401 e. The molecule has 0 radical (unpaired) electrons. The van der Waals surface area contributed by atoms with Crippen LogP contribution >= 0.6 is 0 Å². The largest absolute Gasteiger partial charge is 0.497 e. The highest BCUT2D eigenvalue weighted by atomic mass is 19.4. The highest BCUT2D eigenvalue weighted by Gasteiger charge is 2.27. The van der Waals surface area contributed by atoms with Crippen molar-refractivity contribution in [3.63, 3.8) is 0 Å². The van der Waals surface area contributed by atoms with Crippen LogP contribution in [-0.2, 0) is 0 Å². The Kier molecular flexibility index (Phi) is 4.18. The molecule has 5 heteroatoms. The molecule has 1 rings (SSSR count). The van der Waals surface area contributed by atoms with Crippen molar-refractivity contribution >= 4 is 0 Å². The first-order chi connectivity index (χ1) is 7.42. The molecule has 1 aromatic carbocycles. The monoisotopic (exact) mass is 233 g/mol. The van der Waals surface area contributed by atoms with Crippen molar-refractivity contribution in [2.75, 3.05) is 13.7 Å². The molecule has 16 heavy (non-hydrogen) atoms. The van der Waals surface area contributed by atoms with Gasteiger partial charge in [0.05, 0.1) is 13.7 Å². The predicted octanol–water partition coefficient (Wildman–Crippen LogP) is 2.91. The SMILES string of the molecule is COc1cccc([C@H](C)NCC(F)(F)F)c1. The predicted molar refractivity (Wildman–Crippen MR) is 55.5 cm³/mol. The number of hydrogen-bond donors (Lipinski definition) is 1. The zero-order valence-corrected chi connectivity index (χ0v) is 9.14. The van der Waals surface area contributed by atoms with Gasteiger partial charge in [0.15, 0.2) is 0 Å². The van der Waals surface area contributed by atoms with Crippen LogP contribution in [0, 0.1) is 0 Å². The molecule has 2 nitrogen and oxygen atoms in total. The van der Waals surface area contributed by atoms with Gasteiger partial charge in [0.25, 0.3) is 0 Å². The second-order valence-electron chi connectivity index (χ2n) is 3.49. The summed E-state index contributed by atoms with van der Waals surface area (Å²) in [5.41, 5.74) is 0.767. The summed E-state index contributed by atoms with van der Waals surface area (Å²) in [7, 11) is 1.52. The smallest absolute Gasteiger partial charge is 0.401 e. The van der Waals surface area contributed by atoms with Crippen molar-refractivity contribution < 1.29 is 17.9 Å². The van der Waals surface area contributed by atoms with Gasteiger partial charge in [-0.1, -0.05) is 12.1 Å². The lowest BCUT2D eigenvalue weighted by Gasteiger charge is -2.16. The lowest BCUT2D eigenvalue weighted by atomic mass is 10.1. The molecule has 0 unspecified atom stereocenters. The van der Waals surface area contributed by atoms with Gasteiger partial charge < -0.3 is 10.1 Å². The molecule has 0 aliphatic rings. The van der Waals surface area contributed by atoms with Gasteiger partial charge in [-0.05, 0) is 24.6 Å². The summed E-state index contributed by atoms with van der Waals surface area (Å²) >= 11 is 0. The maximum atomic E-state index is 12.0. The van der Waals surface area contributed by atoms with E-state index in [0.29, 0.717) is 5.75 Å². The molecule has 0 saturated carbocycles. The number of rotatable bonds is 4. The minimum absolute atomic E-state index is 0.364. The van der Waals surface area contributed by atoms with Crippen molar-refractivity contribution in [2.24, 2.45) is 0 Å². The van der Waals surface area contributed by atoms with E-state index in [0.717, 1.165) is 5.56 Å². The Balaban J connectivity index is 2.62. The summed E-state index contributed by atoms with van der Waals surface area (Å²) in [6, 6.07) is 6.61. The van der Waals surface area contributed by atoms with Crippen LogP contribution in [0.4, 0.5) is 13.2 Å². The molecular weight excluding hydrogens is 219 g/mol. The number of alkyl halides is 3. The van der Waals surface area contributed by atoms with Crippen LogP contribution in [0.5, 0.6) is 5.75 Å². The second-order valence-corrected chi connectivity index (χ2v) is 3.49. The van der Waals surface area contributed by atoms with E-state index < -0.39 is 12.7 Å². The van der Waals surface area contributed by atoms with Crippen molar-refractivity contribution in [3.8, 4) is 5.75 Å². The normalized spacial score (nSPS) is 13.6. The molecular formula is C11H14F3NO. The van der Waals surface area contributed by atoms with Crippen LogP contribution in [-0.4, -0.2) is 19.8 Å². The van der Waals surface area contributed by atoms with Gasteiger partial charge in [-0.2, -0.15) is 13.2 Å². The van der Waals surface area contributed by atoms with E-state index in [1.54, 1.807) is 31.2 Å². The van der Waals surface area contributed by atoms with Gasteiger partial charge in [0, 0.05) is 6.04 Å². The van der Waals surface area contributed by atoms with Gasteiger partial charge in [0.1, 0.15) is 5.75 Å². The minimum atomic E-state index is -4.19. The van der Waals surface area contributed by atoms with E-state index in [1.165, 1.54) is 7.11 Å². The third kappa shape index (κ3) is 4.10. The summed E-state index contributed by atoms with van der Waals surface area (Å²) in [5, 5.41) is 2.41. The molecule has 0 aromatic heterocycles. The second kappa shape index (κ2) is 5.21. The van der Waals surface area contributed by atoms with Crippen molar-refractivity contribution in [1.29, 1.82) is 0 Å². The lowest BCUT2D eigenvalue weighted by molar-refractivity contribution is -0.126. The van der Waals surface area contributed by atoms with Crippen LogP contribution in [0.2, 0.25) is 0 Å². The van der Waals surface area contributed by atoms with Gasteiger partial charge in [-0.3, -0.25) is 0 Å². The molecule has 0 saturated heterocycles. The average molecular weight is 233 g/mol. The third-order valence-corrected chi connectivity index (χ3v) is 2.20. The fourth-order valence-corrected chi connectivity index (χ4v) is 1.30. The number of halogens is 3. The van der Waals surface area contributed by atoms with E-state index in [1.807, 2.05) is 0 Å². The van der Waals surface area contributed by atoms with Crippen LogP contribution in [0.3, 0.4) is 0 Å². The molecule has 0 heterocycles. The topological polar surface area (TPSA) is 21.3 Å². The quantitative estimate of drug-likeness (QED) is 0.863. The molecule has 0 fully saturated rings. The zero-order valence-electron chi connectivity index (χ0n) is 9.14. The van der Waals surface area contributed by atoms with Crippen molar-refractivity contribution in [3.05, 3.63) is 29.8 Å². The van der Waals surface area contributed by atoms with E-state index in [2.05, 4.69) is 5.32 Å². The van der Waals surface area contributed by atoms with E-state index in [9.17, 15) is 13.2 Å². The molecule has 90 valence electrons. The average Bonchev–Trinajstić information content (AvgIpc) is 2.25.